The lowest BCUT2D eigenvalue weighted by Crippen LogP contribution is -2.31. The van der Waals surface area contributed by atoms with Gasteiger partial charge < -0.3 is 16.4 Å². The predicted octanol–water partition coefficient (Wildman–Crippen LogP) is 2.42. The van der Waals surface area contributed by atoms with E-state index < -0.39 is 0 Å². The number of urea groups is 1. The fourth-order valence-electron chi connectivity index (χ4n) is 1.86. The molecule has 0 aliphatic rings. The van der Waals surface area contributed by atoms with Gasteiger partial charge in [0.25, 0.3) is 0 Å². The summed E-state index contributed by atoms with van der Waals surface area (Å²) in [6.07, 6.45) is 3.44. The van der Waals surface area contributed by atoms with Gasteiger partial charge in [-0.25, -0.2) is 4.79 Å². The van der Waals surface area contributed by atoms with Gasteiger partial charge >= 0.3 is 6.03 Å². The van der Waals surface area contributed by atoms with E-state index in [0.717, 1.165) is 16.8 Å². The summed E-state index contributed by atoms with van der Waals surface area (Å²) in [7, 11) is 0. The van der Waals surface area contributed by atoms with Crippen LogP contribution in [0.3, 0.4) is 0 Å². The Morgan fingerprint density at radius 2 is 2.20 bits per heavy atom. The first-order chi connectivity index (χ1) is 9.69. The van der Waals surface area contributed by atoms with Crippen LogP contribution in [0.15, 0.2) is 48.8 Å². The second-order valence-electron chi connectivity index (χ2n) is 4.51. The third kappa shape index (κ3) is 3.80. The van der Waals surface area contributed by atoms with E-state index in [1.54, 1.807) is 12.4 Å². The largest absolute Gasteiger partial charge is 0.331 e. The Morgan fingerprint density at radius 1 is 1.35 bits per heavy atom. The zero-order valence-corrected chi connectivity index (χ0v) is 11.3. The number of amides is 2. The van der Waals surface area contributed by atoms with Gasteiger partial charge in [-0.3, -0.25) is 4.98 Å². The molecule has 0 aliphatic carbocycles. The molecule has 5 heteroatoms. The van der Waals surface area contributed by atoms with E-state index in [1.807, 2.05) is 43.3 Å². The van der Waals surface area contributed by atoms with Crippen LogP contribution in [0.1, 0.15) is 24.1 Å². The van der Waals surface area contributed by atoms with E-state index in [4.69, 9.17) is 5.73 Å². The smallest absolute Gasteiger partial charge is 0.319 e. The first-order valence-electron chi connectivity index (χ1n) is 6.45. The second-order valence-corrected chi connectivity index (χ2v) is 4.51. The van der Waals surface area contributed by atoms with Crippen molar-refractivity contribution in [2.24, 2.45) is 5.73 Å². The Balaban J connectivity index is 1.95. The number of benzene rings is 1. The minimum absolute atomic E-state index is 0.110. The number of hydrogen-bond donors (Lipinski definition) is 3. The van der Waals surface area contributed by atoms with Gasteiger partial charge in [-0.15, -0.1) is 0 Å². The monoisotopic (exact) mass is 270 g/mol. The van der Waals surface area contributed by atoms with Crippen LogP contribution in [0.4, 0.5) is 10.5 Å². The molecule has 2 aromatic rings. The van der Waals surface area contributed by atoms with Gasteiger partial charge in [0.2, 0.25) is 0 Å². The molecule has 2 amide bonds. The molecule has 0 radical (unpaired) electrons. The van der Waals surface area contributed by atoms with Crippen LogP contribution >= 0.6 is 0 Å². The Labute approximate surface area is 118 Å². The Hall–Kier alpha value is -2.40. The standard InChI is InChI=1S/C15H18N4O/c1-11(13-5-3-7-17-10-13)18-15(20)19-14-6-2-4-12(8-14)9-16/h2-8,10-11H,9,16H2,1H3,(H2,18,19,20). The van der Waals surface area contributed by atoms with Gasteiger partial charge in [-0.1, -0.05) is 18.2 Å². The molecule has 2 rings (SSSR count). The van der Waals surface area contributed by atoms with Crippen molar-refractivity contribution in [3.63, 3.8) is 0 Å². The van der Waals surface area contributed by atoms with Gasteiger partial charge in [0.05, 0.1) is 6.04 Å². The number of pyridine rings is 1. The average Bonchev–Trinajstić information content (AvgIpc) is 2.48. The maximum atomic E-state index is 11.9. The van der Waals surface area contributed by atoms with Gasteiger partial charge in [0, 0.05) is 24.6 Å². The quantitative estimate of drug-likeness (QED) is 0.798. The number of rotatable bonds is 4. The first-order valence-corrected chi connectivity index (χ1v) is 6.45. The molecule has 1 aromatic carbocycles. The van der Waals surface area contributed by atoms with E-state index >= 15 is 0 Å². The summed E-state index contributed by atoms with van der Waals surface area (Å²) in [5.41, 5.74) is 8.23. The molecule has 20 heavy (non-hydrogen) atoms. The van der Waals surface area contributed by atoms with E-state index in [9.17, 15) is 4.79 Å². The molecule has 0 saturated carbocycles. The fraction of sp³-hybridized carbons (Fsp3) is 0.200. The highest BCUT2D eigenvalue weighted by Crippen LogP contribution is 2.12. The van der Waals surface area contributed by atoms with Crippen molar-refractivity contribution in [1.29, 1.82) is 0 Å². The van der Waals surface area contributed by atoms with Crippen LogP contribution in [0, 0.1) is 0 Å². The summed E-state index contributed by atoms with van der Waals surface area (Å²) >= 11 is 0. The maximum Gasteiger partial charge on any atom is 0.319 e. The summed E-state index contributed by atoms with van der Waals surface area (Å²) in [6.45, 7) is 2.36. The lowest BCUT2D eigenvalue weighted by atomic mass is 10.1. The number of carbonyl (C=O) groups excluding carboxylic acids is 1. The molecule has 4 N–H and O–H groups in total. The highest BCUT2D eigenvalue weighted by atomic mass is 16.2. The van der Waals surface area contributed by atoms with Gasteiger partial charge in [-0.2, -0.15) is 0 Å². The predicted molar refractivity (Wildman–Crippen MR) is 79.1 cm³/mol. The fourth-order valence-corrected chi connectivity index (χ4v) is 1.86. The molecule has 0 bridgehead atoms. The summed E-state index contributed by atoms with van der Waals surface area (Å²) < 4.78 is 0. The number of hydrogen-bond acceptors (Lipinski definition) is 3. The van der Waals surface area contributed by atoms with Crippen molar-refractivity contribution >= 4 is 11.7 Å². The maximum absolute atomic E-state index is 11.9. The Kier molecular flexibility index (Phi) is 4.68. The van der Waals surface area contributed by atoms with Crippen LogP contribution < -0.4 is 16.4 Å². The molecule has 104 valence electrons. The minimum atomic E-state index is -0.254. The molecule has 0 spiro atoms. The molecule has 1 unspecified atom stereocenters. The molecule has 5 nitrogen and oxygen atoms in total. The molecular weight excluding hydrogens is 252 g/mol. The number of nitrogens with zero attached hydrogens (tertiary/aromatic N) is 1. The molecule has 0 fully saturated rings. The zero-order valence-electron chi connectivity index (χ0n) is 11.3. The van der Waals surface area contributed by atoms with E-state index in [2.05, 4.69) is 15.6 Å². The molecule has 1 heterocycles. The zero-order chi connectivity index (χ0) is 14.4. The summed E-state index contributed by atoms with van der Waals surface area (Å²) in [5, 5.41) is 5.65. The highest BCUT2D eigenvalue weighted by Gasteiger charge is 2.09. The first kappa shape index (κ1) is 14.0. The summed E-state index contributed by atoms with van der Waals surface area (Å²) in [5.74, 6) is 0. The van der Waals surface area contributed by atoms with Crippen LogP contribution in [-0.2, 0) is 6.54 Å². The van der Waals surface area contributed by atoms with E-state index in [-0.39, 0.29) is 12.1 Å². The number of nitrogens with two attached hydrogens (primary N) is 1. The Bertz CT molecular complexity index is 571. The van der Waals surface area contributed by atoms with Crippen molar-refractivity contribution in [2.75, 3.05) is 5.32 Å². The van der Waals surface area contributed by atoms with Crippen LogP contribution in [-0.4, -0.2) is 11.0 Å². The summed E-state index contributed by atoms with van der Waals surface area (Å²) in [6, 6.07) is 10.9. The second kappa shape index (κ2) is 6.68. The molecule has 0 aliphatic heterocycles. The number of anilines is 1. The number of carbonyl (C=O) groups is 1. The van der Waals surface area contributed by atoms with Crippen LogP contribution in [0.5, 0.6) is 0 Å². The SMILES string of the molecule is CC(NC(=O)Nc1cccc(CN)c1)c1cccnc1. The van der Waals surface area contributed by atoms with Crippen molar-refractivity contribution in [2.45, 2.75) is 19.5 Å². The minimum Gasteiger partial charge on any atom is -0.331 e. The number of nitrogens with one attached hydrogen (secondary N) is 2. The third-order valence-corrected chi connectivity index (χ3v) is 2.95. The highest BCUT2D eigenvalue weighted by molar-refractivity contribution is 5.89. The number of aromatic nitrogens is 1. The van der Waals surface area contributed by atoms with Crippen molar-refractivity contribution in [1.82, 2.24) is 10.3 Å². The van der Waals surface area contributed by atoms with Gasteiger partial charge in [-0.05, 0) is 36.2 Å². The topological polar surface area (TPSA) is 80.0 Å². The normalized spacial score (nSPS) is 11.7. The average molecular weight is 270 g/mol. The lowest BCUT2D eigenvalue weighted by Gasteiger charge is -2.15. The van der Waals surface area contributed by atoms with E-state index in [0.29, 0.717) is 6.54 Å². The van der Waals surface area contributed by atoms with Crippen molar-refractivity contribution < 1.29 is 4.79 Å². The van der Waals surface area contributed by atoms with Crippen LogP contribution in [0.25, 0.3) is 0 Å². The van der Waals surface area contributed by atoms with Gasteiger partial charge in [0.1, 0.15) is 0 Å². The lowest BCUT2D eigenvalue weighted by molar-refractivity contribution is 0.249. The molecular formula is C15H18N4O. The third-order valence-electron chi connectivity index (χ3n) is 2.95. The van der Waals surface area contributed by atoms with Gasteiger partial charge in [0.15, 0.2) is 0 Å². The van der Waals surface area contributed by atoms with Crippen molar-refractivity contribution in [3.05, 3.63) is 59.9 Å². The Morgan fingerprint density at radius 3 is 2.90 bits per heavy atom. The van der Waals surface area contributed by atoms with Crippen molar-refractivity contribution in [3.8, 4) is 0 Å². The molecule has 0 saturated heterocycles. The van der Waals surface area contributed by atoms with Crippen LogP contribution in [0.2, 0.25) is 0 Å². The molecule has 1 atom stereocenters. The van der Waals surface area contributed by atoms with E-state index in [1.165, 1.54) is 0 Å². The molecule has 1 aromatic heterocycles. The summed E-state index contributed by atoms with van der Waals surface area (Å²) in [4.78, 5) is 16.0.